The lowest BCUT2D eigenvalue weighted by Crippen LogP contribution is -2.39. The molecule has 0 unspecified atom stereocenters. The molecule has 4 heteroatoms. The van der Waals surface area contributed by atoms with Crippen molar-refractivity contribution in [2.24, 2.45) is 0 Å². The van der Waals surface area contributed by atoms with Crippen LogP contribution in [0.5, 0.6) is 0 Å². The monoisotopic (exact) mass is 222 g/mol. The number of nitrogen functional groups attached to an aromatic ring is 1. The van der Waals surface area contributed by atoms with Crippen molar-refractivity contribution in [1.29, 1.82) is 0 Å². The molecular weight excluding hydrogens is 200 g/mol. The first kappa shape index (κ1) is 11.5. The van der Waals surface area contributed by atoms with E-state index in [1.54, 1.807) is 0 Å². The first-order valence-electron chi connectivity index (χ1n) is 6.13. The van der Waals surface area contributed by atoms with E-state index >= 15 is 0 Å². The third-order valence-electron chi connectivity index (χ3n) is 3.46. The lowest BCUT2D eigenvalue weighted by molar-refractivity contribution is 0.148. The summed E-state index contributed by atoms with van der Waals surface area (Å²) in [6.45, 7) is 8.82. The summed E-state index contributed by atoms with van der Waals surface area (Å²) in [5.74, 6) is 0.806. The largest absolute Gasteiger partial charge is 0.384 e. The fourth-order valence-electron chi connectivity index (χ4n) is 2.48. The van der Waals surface area contributed by atoms with Gasteiger partial charge in [0.25, 0.3) is 0 Å². The molecule has 2 N–H and O–H groups in total. The summed E-state index contributed by atoms with van der Waals surface area (Å²) in [5.41, 5.74) is 6.97. The van der Waals surface area contributed by atoms with Crippen LogP contribution in [-0.2, 0) is 0 Å². The maximum atomic E-state index is 5.95. The van der Waals surface area contributed by atoms with Gasteiger partial charge in [-0.3, -0.25) is 0 Å². The number of hydrogen-bond donors (Lipinski definition) is 1. The SMILES string of the molecule is Cc1cc(N)n(C2CCN(C(C)C)CC2)n1. The summed E-state index contributed by atoms with van der Waals surface area (Å²) in [4.78, 5) is 2.52. The van der Waals surface area contributed by atoms with E-state index in [2.05, 4.69) is 23.8 Å². The lowest BCUT2D eigenvalue weighted by atomic mass is 10.0. The van der Waals surface area contributed by atoms with Gasteiger partial charge in [0, 0.05) is 25.2 Å². The predicted molar refractivity (Wildman–Crippen MR) is 66.4 cm³/mol. The van der Waals surface area contributed by atoms with E-state index in [1.165, 1.54) is 0 Å². The second kappa shape index (κ2) is 4.45. The summed E-state index contributed by atoms with van der Waals surface area (Å²) < 4.78 is 2.01. The molecule has 1 aliphatic heterocycles. The van der Waals surface area contributed by atoms with Crippen LogP contribution in [0.25, 0.3) is 0 Å². The van der Waals surface area contributed by atoms with Gasteiger partial charge in [-0.05, 0) is 33.6 Å². The van der Waals surface area contributed by atoms with E-state index in [-0.39, 0.29) is 0 Å². The molecule has 0 radical (unpaired) electrons. The minimum atomic E-state index is 0.490. The molecule has 0 aromatic carbocycles. The van der Waals surface area contributed by atoms with Gasteiger partial charge in [0.1, 0.15) is 5.82 Å². The average molecular weight is 222 g/mol. The molecule has 0 amide bonds. The maximum absolute atomic E-state index is 5.95. The van der Waals surface area contributed by atoms with Crippen molar-refractivity contribution in [3.8, 4) is 0 Å². The topological polar surface area (TPSA) is 47.1 Å². The molecule has 4 nitrogen and oxygen atoms in total. The molecule has 1 aliphatic rings. The van der Waals surface area contributed by atoms with E-state index in [0.29, 0.717) is 12.1 Å². The van der Waals surface area contributed by atoms with Crippen molar-refractivity contribution in [1.82, 2.24) is 14.7 Å². The molecule has 1 aromatic heterocycles. The Balaban J connectivity index is 2.01. The lowest BCUT2D eigenvalue weighted by Gasteiger charge is -2.34. The molecule has 2 rings (SSSR count). The number of piperidine rings is 1. The van der Waals surface area contributed by atoms with Crippen molar-refractivity contribution in [2.45, 2.75) is 45.7 Å². The summed E-state index contributed by atoms with van der Waals surface area (Å²) in [6, 6.07) is 3.09. The van der Waals surface area contributed by atoms with Crippen LogP contribution in [0.2, 0.25) is 0 Å². The van der Waals surface area contributed by atoms with Crippen molar-refractivity contribution >= 4 is 5.82 Å². The Kier molecular flexibility index (Phi) is 3.19. The average Bonchev–Trinajstić information content (AvgIpc) is 2.58. The highest BCUT2D eigenvalue weighted by atomic mass is 15.3. The van der Waals surface area contributed by atoms with Gasteiger partial charge < -0.3 is 10.6 Å². The van der Waals surface area contributed by atoms with Gasteiger partial charge in [-0.1, -0.05) is 0 Å². The van der Waals surface area contributed by atoms with Gasteiger partial charge in [0.2, 0.25) is 0 Å². The number of nitrogens with two attached hydrogens (primary N) is 1. The van der Waals surface area contributed by atoms with Gasteiger partial charge in [0.15, 0.2) is 0 Å². The summed E-state index contributed by atoms with van der Waals surface area (Å²) in [5, 5.41) is 4.48. The first-order valence-corrected chi connectivity index (χ1v) is 6.13. The Hall–Kier alpha value is -1.03. The molecule has 0 aliphatic carbocycles. The molecule has 16 heavy (non-hydrogen) atoms. The molecule has 0 saturated carbocycles. The van der Waals surface area contributed by atoms with E-state index in [1.807, 2.05) is 17.7 Å². The molecule has 0 atom stereocenters. The van der Waals surface area contributed by atoms with E-state index < -0.39 is 0 Å². The molecule has 2 heterocycles. The van der Waals surface area contributed by atoms with Crippen molar-refractivity contribution < 1.29 is 0 Å². The minimum absolute atomic E-state index is 0.490. The highest BCUT2D eigenvalue weighted by Crippen LogP contribution is 2.25. The Morgan fingerprint density at radius 1 is 1.38 bits per heavy atom. The van der Waals surface area contributed by atoms with Crippen LogP contribution >= 0.6 is 0 Å². The molecule has 1 saturated heterocycles. The van der Waals surface area contributed by atoms with Crippen LogP contribution in [0.4, 0.5) is 5.82 Å². The first-order chi connectivity index (χ1) is 7.58. The minimum Gasteiger partial charge on any atom is -0.384 e. The number of likely N-dealkylation sites (tertiary alicyclic amines) is 1. The molecular formula is C12H22N4. The predicted octanol–water partition coefficient (Wildman–Crippen LogP) is 1.82. The molecule has 1 fully saturated rings. The Morgan fingerprint density at radius 2 is 2.00 bits per heavy atom. The molecule has 90 valence electrons. The van der Waals surface area contributed by atoms with Gasteiger partial charge in [0.05, 0.1) is 11.7 Å². The van der Waals surface area contributed by atoms with E-state index in [4.69, 9.17) is 5.73 Å². The van der Waals surface area contributed by atoms with Crippen LogP contribution in [-0.4, -0.2) is 33.8 Å². The van der Waals surface area contributed by atoms with Crippen LogP contribution in [0.1, 0.15) is 38.4 Å². The third kappa shape index (κ3) is 2.21. The fourth-order valence-corrected chi connectivity index (χ4v) is 2.48. The summed E-state index contributed by atoms with van der Waals surface area (Å²) >= 11 is 0. The second-order valence-electron chi connectivity index (χ2n) is 5.02. The van der Waals surface area contributed by atoms with E-state index in [0.717, 1.165) is 37.4 Å². The zero-order valence-corrected chi connectivity index (χ0v) is 10.5. The Morgan fingerprint density at radius 3 is 2.44 bits per heavy atom. The van der Waals surface area contributed by atoms with Crippen LogP contribution < -0.4 is 5.73 Å². The normalized spacial score (nSPS) is 19.5. The third-order valence-corrected chi connectivity index (χ3v) is 3.46. The maximum Gasteiger partial charge on any atom is 0.122 e. The van der Waals surface area contributed by atoms with Gasteiger partial charge in [-0.15, -0.1) is 0 Å². The van der Waals surface area contributed by atoms with Gasteiger partial charge >= 0.3 is 0 Å². The molecule has 1 aromatic rings. The molecule has 0 spiro atoms. The molecule has 0 bridgehead atoms. The summed E-state index contributed by atoms with van der Waals surface area (Å²) in [6.07, 6.45) is 2.31. The number of hydrogen-bond acceptors (Lipinski definition) is 3. The zero-order valence-electron chi connectivity index (χ0n) is 10.5. The number of anilines is 1. The van der Waals surface area contributed by atoms with Crippen molar-refractivity contribution in [2.75, 3.05) is 18.8 Å². The highest BCUT2D eigenvalue weighted by molar-refractivity contribution is 5.30. The van der Waals surface area contributed by atoms with Gasteiger partial charge in [-0.2, -0.15) is 5.10 Å². The smallest absolute Gasteiger partial charge is 0.122 e. The number of aryl methyl sites for hydroxylation is 1. The van der Waals surface area contributed by atoms with E-state index in [9.17, 15) is 0 Å². The quantitative estimate of drug-likeness (QED) is 0.830. The zero-order chi connectivity index (χ0) is 11.7. The number of aromatic nitrogens is 2. The Labute approximate surface area is 97.4 Å². The van der Waals surface area contributed by atoms with Crippen molar-refractivity contribution in [3.63, 3.8) is 0 Å². The standard InChI is InChI=1S/C12H22N4/c1-9(2)15-6-4-11(5-7-15)16-12(13)8-10(3)14-16/h8-9,11H,4-7,13H2,1-3H3. The fraction of sp³-hybridized carbons (Fsp3) is 0.750. The number of nitrogens with zero attached hydrogens (tertiary/aromatic N) is 3. The van der Waals surface area contributed by atoms with Crippen molar-refractivity contribution in [3.05, 3.63) is 11.8 Å². The van der Waals surface area contributed by atoms with Crippen LogP contribution in [0, 0.1) is 6.92 Å². The Bertz CT molecular complexity index is 348. The number of rotatable bonds is 2. The van der Waals surface area contributed by atoms with Gasteiger partial charge in [-0.25, -0.2) is 4.68 Å². The second-order valence-corrected chi connectivity index (χ2v) is 5.02. The van der Waals surface area contributed by atoms with Crippen LogP contribution in [0.3, 0.4) is 0 Å². The highest BCUT2D eigenvalue weighted by Gasteiger charge is 2.23. The summed E-state index contributed by atoms with van der Waals surface area (Å²) in [7, 11) is 0. The van der Waals surface area contributed by atoms with Crippen LogP contribution in [0.15, 0.2) is 6.07 Å².